The smallest absolute Gasteiger partial charge is 0.233 e. The lowest BCUT2D eigenvalue weighted by Gasteiger charge is -2.19. The van der Waals surface area contributed by atoms with Crippen LogP contribution in [0.4, 0.5) is 0 Å². The number of nitrogens with one attached hydrogen (secondary N) is 1. The second kappa shape index (κ2) is 9.21. The number of carbonyl (C=O) groups is 3. The predicted molar refractivity (Wildman–Crippen MR) is 102 cm³/mol. The minimum absolute atomic E-state index is 0.0632. The van der Waals surface area contributed by atoms with Crippen LogP contribution in [0.25, 0.3) is 0 Å². The van der Waals surface area contributed by atoms with E-state index in [0.29, 0.717) is 6.54 Å². The zero-order chi connectivity index (χ0) is 18.4. The van der Waals surface area contributed by atoms with Crippen LogP contribution >= 0.6 is 11.8 Å². The molecular formula is C20H26N2O3S. The van der Waals surface area contributed by atoms with Crippen molar-refractivity contribution in [3.05, 3.63) is 30.3 Å². The number of fused-ring (bicyclic) bond motifs is 1. The quantitative estimate of drug-likeness (QED) is 0.432. The average Bonchev–Trinajstić information content (AvgIpc) is 2.91. The molecule has 2 aliphatic rings. The highest BCUT2D eigenvalue weighted by atomic mass is 32.2. The first-order chi connectivity index (χ1) is 12.7. The van der Waals surface area contributed by atoms with Crippen molar-refractivity contribution in [2.75, 3.05) is 18.8 Å². The molecule has 1 aromatic carbocycles. The SMILES string of the molecule is O=C(CCN1C(=O)[C@H]2CCCC[C@H]2C1=O)NCCCSc1ccccc1. The topological polar surface area (TPSA) is 66.5 Å². The van der Waals surface area contributed by atoms with Crippen LogP contribution in [0.5, 0.6) is 0 Å². The van der Waals surface area contributed by atoms with E-state index in [2.05, 4.69) is 17.4 Å². The maximum atomic E-state index is 12.4. The van der Waals surface area contributed by atoms with E-state index in [1.807, 2.05) is 18.2 Å². The maximum Gasteiger partial charge on any atom is 0.233 e. The molecule has 1 N–H and O–H groups in total. The molecule has 26 heavy (non-hydrogen) atoms. The Labute approximate surface area is 158 Å². The Hall–Kier alpha value is -1.82. The third kappa shape index (κ3) is 4.67. The van der Waals surface area contributed by atoms with Crippen LogP contribution in [0.1, 0.15) is 38.5 Å². The highest BCUT2D eigenvalue weighted by Gasteiger charge is 2.47. The summed E-state index contributed by atoms with van der Waals surface area (Å²) >= 11 is 1.77. The van der Waals surface area contributed by atoms with Gasteiger partial charge in [-0.1, -0.05) is 31.0 Å². The summed E-state index contributed by atoms with van der Waals surface area (Å²) in [7, 11) is 0. The lowest BCUT2D eigenvalue weighted by Crippen LogP contribution is -2.35. The van der Waals surface area contributed by atoms with E-state index in [1.165, 1.54) is 9.80 Å². The number of likely N-dealkylation sites (tertiary alicyclic amines) is 1. The molecule has 2 fully saturated rings. The van der Waals surface area contributed by atoms with Crippen molar-refractivity contribution in [1.82, 2.24) is 10.2 Å². The molecule has 2 atom stereocenters. The first-order valence-corrected chi connectivity index (χ1v) is 10.4. The third-order valence-corrected chi connectivity index (χ3v) is 6.25. The minimum Gasteiger partial charge on any atom is -0.356 e. The Morgan fingerprint density at radius 1 is 1.08 bits per heavy atom. The highest BCUT2D eigenvalue weighted by molar-refractivity contribution is 7.99. The molecule has 0 aromatic heterocycles. The van der Waals surface area contributed by atoms with E-state index in [9.17, 15) is 14.4 Å². The van der Waals surface area contributed by atoms with Gasteiger partial charge in [0.25, 0.3) is 0 Å². The Balaban J connectivity index is 1.32. The van der Waals surface area contributed by atoms with E-state index in [0.717, 1.165) is 37.9 Å². The summed E-state index contributed by atoms with van der Waals surface area (Å²) < 4.78 is 0. The fourth-order valence-corrected chi connectivity index (χ4v) is 4.63. The van der Waals surface area contributed by atoms with Gasteiger partial charge in [0.15, 0.2) is 0 Å². The van der Waals surface area contributed by atoms with Crippen LogP contribution in [-0.4, -0.2) is 41.5 Å². The molecule has 1 aliphatic carbocycles. The van der Waals surface area contributed by atoms with Gasteiger partial charge in [0.05, 0.1) is 11.8 Å². The lowest BCUT2D eigenvalue weighted by molar-refractivity contribution is -0.140. The molecule has 0 spiro atoms. The molecule has 1 aliphatic heterocycles. The van der Waals surface area contributed by atoms with Gasteiger partial charge in [-0.05, 0) is 37.1 Å². The zero-order valence-corrected chi connectivity index (χ0v) is 15.8. The van der Waals surface area contributed by atoms with Crippen LogP contribution in [-0.2, 0) is 14.4 Å². The van der Waals surface area contributed by atoms with Crippen LogP contribution < -0.4 is 5.32 Å². The number of hydrogen-bond acceptors (Lipinski definition) is 4. The number of nitrogens with zero attached hydrogens (tertiary/aromatic N) is 1. The summed E-state index contributed by atoms with van der Waals surface area (Å²) in [4.78, 5) is 39.3. The van der Waals surface area contributed by atoms with E-state index in [4.69, 9.17) is 0 Å². The second-order valence-corrected chi connectivity index (χ2v) is 8.11. The summed E-state index contributed by atoms with van der Waals surface area (Å²) in [6.45, 7) is 0.834. The van der Waals surface area contributed by atoms with Crippen molar-refractivity contribution in [2.24, 2.45) is 11.8 Å². The van der Waals surface area contributed by atoms with Crippen LogP contribution in [0.2, 0.25) is 0 Å². The Morgan fingerprint density at radius 2 is 1.73 bits per heavy atom. The van der Waals surface area contributed by atoms with Crippen molar-refractivity contribution in [3.63, 3.8) is 0 Å². The van der Waals surface area contributed by atoms with Crippen molar-refractivity contribution in [1.29, 1.82) is 0 Å². The molecule has 1 saturated carbocycles. The molecule has 3 amide bonds. The Bertz CT molecular complexity index is 626. The number of thioether (sulfide) groups is 1. The maximum absolute atomic E-state index is 12.4. The van der Waals surface area contributed by atoms with Crippen molar-refractivity contribution < 1.29 is 14.4 Å². The molecule has 0 radical (unpaired) electrons. The van der Waals surface area contributed by atoms with Crippen LogP contribution in [0.3, 0.4) is 0 Å². The molecule has 3 rings (SSSR count). The number of hydrogen-bond donors (Lipinski definition) is 1. The summed E-state index contributed by atoms with van der Waals surface area (Å²) in [6, 6.07) is 10.2. The Morgan fingerprint density at radius 3 is 2.38 bits per heavy atom. The third-order valence-electron chi connectivity index (χ3n) is 5.15. The molecule has 1 saturated heterocycles. The van der Waals surface area contributed by atoms with Gasteiger partial charge in [-0.3, -0.25) is 19.3 Å². The molecular weight excluding hydrogens is 348 g/mol. The molecule has 1 aromatic rings. The predicted octanol–water partition coefficient (Wildman–Crippen LogP) is 2.85. The molecule has 0 bridgehead atoms. The summed E-state index contributed by atoms with van der Waals surface area (Å²) in [5.74, 6) is 0.462. The standard InChI is InChI=1S/C20H26N2O3S/c23-18(21-12-6-14-26-15-7-2-1-3-8-15)11-13-22-19(24)16-9-4-5-10-17(16)20(22)25/h1-3,7-8,16-17H,4-6,9-14H2,(H,21,23)/t16-,17+. The van der Waals surface area contributed by atoms with Gasteiger partial charge >= 0.3 is 0 Å². The fourth-order valence-electron chi connectivity index (χ4n) is 3.76. The van der Waals surface area contributed by atoms with Gasteiger partial charge < -0.3 is 5.32 Å². The molecule has 5 nitrogen and oxygen atoms in total. The molecule has 1 heterocycles. The second-order valence-electron chi connectivity index (χ2n) is 6.94. The number of amides is 3. The average molecular weight is 375 g/mol. The van der Waals surface area contributed by atoms with E-state index >= 15 is 0 Å². The fraction of sp³-hybridized carbons (Fsp3) is 0.550. The van der Waals surface area contributed by atoms with Gasteiger partial charge in [0, 0.05) is 24.4 Å². The van der Waals surface area contributed by atoms with Crippen molar-refractivity contribution in [2.45, 2.75) is 43.4 Å². The zero-order valence-electron chi connectivity index (χ0n) is 15.0. The molecule has 0 unspecified atom stereocenters. The van der Waals surface area contributed by atoms with Gasteiger partial charge in [0.1, 0.15) is 0 Å². The largest absolute Gasteiger partial charge is 0.356 e. The van der Waals surface area contributed by atoms with Crippen molar-refractivity contribution in [3.8, 4) is 0 Å². The van der Waals surface area contributed by atoms with Crippen molar-refractivity contribution >= 4 is 29.5 Å². The van der Waals surface area contributed by atoms with Gasteiger partial charge in [0.2, 0.25) is 17.7 Å². The van der Waals surface area contributed by atoms with Gasteiger partial charge in [-0.25, -0.2) is 0 Å². The monoisotopic (exact) mass is 374 g/mol. The first-order valence-electron chi connectivity index (χ1n) is 9.46. The summed E-state index contributed by atoms with van der Waals surface area (Å²) in [6.07, 6.45) is 4.76. The summed E-state index contributed by atoms with van der Waals surface area (Å²) in [5, 5.41) is 2.88. The number of carbonyl (C=O) groups excluding carboxylic acids is 3. The van der Waals surface area contributed by atoms with Crippen LogP contribution in [0.15, 0.2) is 35.2 Å². The van der Waals surface area contributed by atoms with Crippen LogP contribution in [0, 0.1) is 11.8 Å². The van der Waals surface area contributed by atoms with E-state index in [1.54, 1.807) is 11.8 Å². The molecule has 6 heteroatoms. The highest BCUT2D eigenvalue weighted by Crippen LogP contribution is 2.37. The minimum atomic E-state index is -0.130. The summed E-state index contributed by atoms with van der Waals surface area (Å²) in [5.41, 5.74) is 0. The molecule has 140 valence electrons. The lowest BCUT2D eigenvalue weighted by atomic mass is 9.81. The number of imide groups is 1. The first kappa shape index (κ1) is 19.0. The van der Waals surface area contributed by atoms with Gasteiger partial charge in [-0.15, -0.1) is 11.8 Å². The number of benzene rings is 1. The number of rotatable bonds is 8. The van der Waals surface area contributed by atoms with E-state index in [-0.39, 0.29) is 42.5 Å². The normalized spacial score (nSPS) is 22.4. The van der Waals surface area contributed by atoms with Gasteiger partial charge in [-0.2, -0.15) is 0 Å². The Kier molecular flexibility index (Phi) is 6.72. The van der Waals surface area contributed by atoms with E-state index < -0.39 is 0 Å².